The Morgan fingerprint density at radius 1 is 1.35 bits per heavy atom. The molecule has 0 bridgehead atoms. The third kappa shape index (κ3) is 9.60. The molecule has 0 radical (unpaired) electrons. The van der Waals surface area contributed by atoms with E-state index in [0.29, 0.717) is 32.5 Å². The minimum Gasteiger partial charge on any atom is -0.465 e. The van der Waals surface area contributed by atoms with Gasteiger partial charge in [-0.05, 0) is 52.9 Å². The molecular weight excluding hydrogens is 296 g/mol. The third-order valence-electron chi connectivity index (χ3n) is 3.47. The van der Waals surface area contributed by atoms with Crippen molar-refractivity contribution in [2.75, 3.05) is 19.8 Å². The molecule has 1 N–H and O–H groups in total. The van der Waals surface area contributed by atoms with E-state index in [0.717, 1.165) is 25.9 Å². The molecule has 23 heavy (non-hydrogen) atoms. The highest BCUT2D eigenvalue weighted by Gasteiger charge is 2.22. The average molecular weight is 326 g/mol. The fraction of sp³-hybridized carbons (Fsp3) is 0.833. The van der Waals surface area contributed by atoms with Crippen molar-refractivity contribution in [3.8, 4) is 11.8 Å². The summed E-state index contributed by atoms with van der Waals surface area (Å²) >= 11 is 0. The maximum atomic E-state index is 11.6. The molecule has 0 saturated carbocycles. The monoisotopic (exact) mass is 326 g/mol. The summed E-state index contributed by atoms with van der Waals surface area (Å²) in [6, 6.07) is 0. The van der Waals surface area contributed by atoms with Crippen molar-refractivity contribution in [1.82, 2.24) is 0 Å². The highest BCUT2D eigenvalue weighted by Crippen LogP contribution is 2.15. The zero-order valence-corrected chi connectivity index (χ0v) is 14.6. The number of esters is 1. The SMILES string of the molecule is CC(C)(C)C(=O)OCCC[C@H](O)CC#CCOC1CCCCO1. The molecule has 1 heterocycles. The summed E-state index contributed by atoms with van der Waals surface area (Å²) in [6.07, 6.45) is 4.15. The van der Waals surface area contributed by atoms with E-state index in [9.17, 15) is 9.90 Å². The van der Waals surface area contributed by atoms with Crippen LogP contribution in [0.3, 0.4) is 0 Å². The highest BCUT2D eigenvalue weighted by atomic mass is 16.7. The lowest BCUT2D eigenvalue weighted by atomic mass is 9.97. The Bertz CT molecular complexity index is 396. The molecule has 0 aliphatic carbocycles. The first kappa shape index (κ1) is 20.0. The topological polar surface area (TPSA) is 65.0 Å². The Morgan fingerprint density at radius 2 is 2.13 bits per heavy atom. The van der Waals surface area contributed by atoms with Crippen molar-refractivity contribution in [2.45, 2.75) is 71.7 Å². The second kappa shape index (κ2) is 10.6. The van der Waals surface area contributed by atoms with E-state index < -0.39 is 11.5 Å². The van der Waals surface area contributed by atoms with E-state index in [2.05, 4.69) is 11.8 Å². The van der Waals surface area contributed by atoms with Crippen LogP contribution in [0.1, 0.15) is 59.3 Å². The quantitative estimate of drug-likeness (QED) is 0.443. The smallest absolute Gasteiger partial charge is 0.311 e. The summed E-state index contributed by atoms with van der Waals surface area (Å²) in [5.41, 5.74) is -0.480. The lowest BCUT2D eigenvalue weighted by Crippen LogP contribution is -2.23. The fourth-order valence-electron chi connectivity index (χ4n) is 2.02. The van der Waals surface area contributed by atoms with Crippen LogP contribution in [0.5, 0.6) is 0 Å². The predicted octanol–water partition coefficient (Wildman–Crippen LogP) is 2.65. The summed E-state index contributed by atoms with van der Waals surface area (Å²) in [5.74, 6) is 5.59. The molecule has 1 saturated heterocycles. The predicted molar refractivity (Wildman–Crippen MR) is 87.6 cm³/mol. The van der Waals surface area contributed by atoms with E-state index in [1.807, 2.05) is 20.8 Å². The molecule has 132 valence electrons. The van der Waals surface area contributed by atoms with Crippen LogP contribution in [0.4, 0.5) is 0 Å². The molecule has 1 aliphatic rings. The van der Waals surface area contributed by atoms with Gasteiger partial charge in [0.15, 0.2) is 6.29 Å². The van der Waals surface area contributed by atoms with E-state index in [1.165, 1.54) is 0 Å². The van der Waals surface area contributed by atoms with Crippen LogP contribution < -0.4 is 0 Å². The summed E-state index contributed by atoms with van der Waals surface area (Å²) in [4.78, 5) is 11.6. The van der Waals surface area contributed by atoms with Gasteiger partial charge in [0.05, 0.1) is 18.1 Å². The van der Waals surface area contributed by atoms with E-state index in [4.69, 9.17) is 14.2 Å². The summed E-state index contributed by atoms with van der Waals surface area (Å²) in [6.45, 7) is 6.89. The van der Waals surface area contributed by atoms with Crippen LogP contribution in [-0.4, -0.2) is 43.3 Å². The van der Waals surface area contributed by atoms with Crippen LogP contribution in [0.15, 0.2) is 0 Å². The van der Waals surface area contributed by atoms with Gasteiger partial charge in [0, 0.05) is 13.0 Å². The Morgan fingerprint density at radius 3 is 2.78 bits per heavy atom. The molecule has 0 amide bonds. The molecular formula is C18H30O5. The second-order valence-corrected chi connectivity index (χ2v) is 6.85. The molecule has 1 fully saturated rings. The van der Waals surface area contributed by atoms with Gasteiger partial charge in [-0.2, -0.15) is 0 Å². The lowest BCUT2D eigenvalue weighted by molar-refractivity contribution is -0.154. The van der Waals surface area contributed by atoms with Crippen molar-refractivity contribution in [2.24, 2.45) is 5.41 Å². The Kier molecular flexibility index (Phi) is 9.23. The number of aliphatic hydroxyl groups excluding tert-OH is 1. The third-order valence-corrected chi connectivity index (χ3v) is 3.47. The number of ether oxygens (including phenoxy) is 3. The number of rotatable bonds is 7. The molecule has 0 spiro atoms. The number of aliphatic hydroxyl groups is 1. The summed E-state index contributed by atoms with van der Waals surface area (Å²) in [5, 5.41) is 9.81. The Hall–Kier alpha value is -1.09. The van der Waals surface area contributed by atoms with E-state index >= 15 is 0 Å². The first-order valence-electron chi connectivity index (χ1n) is 8.44. The van der Waals surface area contributed by atoms with Crippen LogP contribution in [0.2, 0.25) is 0 Å². The van der Waals surface area contributed by atoms with Gasteiger partial charge in [-0.1, -0.05) is 11.8 Å². The van der Waals surface area contributed by atoms with Crippen LogP contribution in [-0.2, 0) is 19.0 Å². The number of carbonyl (C=O) groups is 1. The van der Waals surface area contributed by atoms with Crippen molar-refractivity contribution in [3.63, 3.8) is 0 Å². The normalized spacial score (nSPS) is 19.6. The molecule has 0 aromatic rings. The minimum atomic E-state index is -0.498. The van der Waals surface area contributed by atoms with Gasteiger partial charge in [-0.25, -0.2) is 0 Å². The average Bonchev–Trinajstić information content (AvgIpc) is 2.51. The summed E-state index contributed by atoms with van der Waals surface area (Å²) < 4.78 is 16.1. The van der Waals surface area contributed by atoms with E-state index in [1.54, 1.807) is 0 Å². The first-order valence-corrected chi connectivity index (χ1v) is 8.44. The van der Waals surface area contributed by atoms with Crippen molar-refractivity contribution < 1.29 is 24.1 Å². The maximum absolute atomic E-state index is 11.6. The number of hydrogen-bond donors (Lipinski definition) is 1. The van der Waals surface area contributed by atoms with Gasteiger partial charge >= 0.3 is 5.97 Å². The fourth-order valence-corrected chi connectivity index (χ4v) is 2.02. The molecule has 0 aromatic heterocycles. The highest BCUT2D eigenvalue weighted by molar-refractivity contribution is 5.75. The number of carbonyl (C=O) groups excluding carboxylic acids is 1. The van der Waals surface area contributed by atoms with Crippen LogP contribution >= 0.6 is 0 Å². The molecule has 1 aliphatic heterocycles. The van der Waals surface area contributed by atoms with Crippen LogP contribution in [0, 0.1) is 17.3 Å². The van der Waals surface area contributed by atoms with E-state index in [-0.39, 0.29) is 12.3 Å². The zero-order chi connectivity index (χ0) is 17.1. The molecule has 1 rings (SSSR count). The van der Waals surface area contributed by atoms with Crippen molar-refractivity contribution in [3.05, 3.63) is 0 Å². The van der Waals surface area contributed by atoms with Crippen molar-refractivity contribution >= 4 is 5.97 Å². The molecule has 5 heteroatoms. The Balaban J connectivity index is 2.02. The number of hydrogen-bond acceptors (Lipinski definition) is 5. The summed E-state index contributed by atoms with van der Waals surface area (Å²) in [7, 11) is 0. The molecule has 0 aromatic carbocycles. The maximum Gasteiger partial charge on any atom is 0.311 e. The molecule has 1 unspecified atom stereocenters. The Labute approximate surface area is 139 Å². The lowest BCUT2D eigenvalue weighted by Gasteiger charge is -2.21. The van der Waals surface area contributed by atoms with Gasteiger partial charge in [-0.15, -0.1) is 0 Å². The minimum absolute atomic E-state index is 0.125. The molecule has 5 nitrogen and oxygen atoms in total. The van der Waals surface area contributed by atoms with Crippen LogP contribution in [0.25, 0.3) is 0 Å². The molecule has 2 atom stereocenters. The van der Waals surface area contributed by atoms with Crippen molar-refractivity contribution in [1.29, 1.82) is 0 Å². The zero-order valence-electron chi connectivity index (χ0n) is 14.6. The standard InChI is InChI=1S/C18H30O5/c1-18(2,3)17(20)23-14-8-10-15(19)9-4-6-12-21-16-11-5-7-13-22-16/h15-16,19H,5,7-14H2,1-3H3/t15-,16?/m1/s1. The van der Waals surface area contributed by atoms with Gasteiger partial charge in [-0.3, -0.25) is 4.79 Å². The largest absolute Gasteiger partial charge is 0.465 e. The second-order valence-electron chi connectivity index (χ2n) is 6.85. The van der Waals surface area contributed by atoms with Gasteiger partial charge in [0.1, 0.15) is 6.61 Å². The van der Waals surface area contributed by atoms with Gasteiger partial charge < -0.3 is 19.3 Å². The van der Waals surface area contributed by atoms with Gasteiger partial charge in [0.25, 0.3) is 0 Å². The first-order chi connectivity index (χ1) is 10.9. The van der Waals surface area contributed by atoms with Gasteiger partial charge in [0.2, 0.25) is 0 Å².